The van der Waals surface area contributed by atoms with Gasteiger partial charge >= 0.3 is 6.09 Å². The van der Waals surface area contributed by atoms with E-state index in [4.69, 9.17) is 0 Å². The van der Waals surface area contributed by atoms with Gasteiger partial charge in [0.25, 0.3) is 0 Å². The van der Waals surface area contributed by atoms with E-state index in [1.54, 1.807) is 16.2 Å². The fourth-order valence-corrected chi connectivity index (χ4v) is 4.27. The number of aromatic nitrogens is 1. The maximum Gasteiger partial charge on any atom is 0.407 e. The number of hydrogen-bond acceptors (Lipinski definition) is 3. The van der Waals surface area contributed by atoms with Gasteiger partial charge in [0, 0.05) is 18.0 Å². The van der Waals surface area contributed by atoms with E-state index in [-0.39, 0.29) is 12.1 Å². The summed E-state index contributed by atoms with van der Waals surface area (Å²) in [6, 6.07) is 0.213. The van der Waals surface area contributed by atoms with Gasteiger partial charge in [0.2, 0.25) is 0 Å². The van der Waals surface area contributed by atoms with Crippen LogP contribution in [-0.2, 0) is 0 Å². The second-order valence-electron chi connectivity index (χ2n) is 5.29. The van der Waals surface area contributed by atoms with E-state index in [1.807, 2.05) is 20.0 Å². The number of thiazole rings is 1. The van der Waals surface area contributed by atoms with Crippen molar-refractivity contribution in [3.05, 3.63) is 15.0 Å². The third kappa shape index (κ3) is 3.48. The molecule has 106 valence electrons. The molecule has 0 aromatic carbocycles. The minimum atomic E-state index is -0.796. The lowest BCUT2D eigenvalue weighted by atomic mass is 9.85. The molecule has 1 amide bonds. The zero-order valence-corrected chi connectivity index (χ0v) is 13.6. The molecule has 0 radical (unpaired) electrons. The fraction of sp³-hybridized carbons (Fsp3) is 0.692. The van der Waals surface area contributed by atoms with Crippen molar-refractivity contribution >= 4 is 33.4 Å². The summed E-state index contributed by atoms with van der Waals surface area (Å²) in [5, 5.41) is 10.5. The quantitative estimate of drug-likeness (QED) is 0.886. The van der Waals surface area contributed by atoms with Crippen molar-refractivity contribution in [2.24, 2.45) is 0 Å². The predicted octanol–water partition coefficient (Wildman–Crippen LogP) is 4.32. The standard InChI is InChI=1S/C13H19BrN2O2S/c1-8(2)16(13(17)18)10-5-3-9(4-6-10)12-15-7-11(14)19-12/h7-10H,3-6H2,1-2H3,(H,17,18)/t9-,10-. The molecule has 4 nitrogen and oxygen atoms in total. The molecule has 1 heterocycles. The summed E-state index contributed by atoms with van der Waals surface area (Å²) < 4.78 is 1.07. The molecule has 1 N–H and O–H groups in total. The minimum absolute atomic E-state index is 0.0491. The van der Waals surface area contributed by atoms with Crippen LogP contribution in [0.5, 0.6) is 0 Å². The Morgan fingerprint density at radius 3 is 2.53 bits per heavy atom. The van der Waals surface area contributed by atoms with Crippen LogP contribution < -0.4 is 0 Å². The third-order valence-corrected chi connectivity index (χ3v) is 5.35. The van der Waals surface area contributed by atoms with Crippen LogP contribution in [0.2, 0.25) is 0 Å². The number of halogens is 1. The summed E-state index contributed by atoms with van der Waals surface area (Å²) in [5.74, 6) is 0.496. The van der Waals surface area contributed by atoms with Crippen molar-refractivity contribution in [1.29, 1.82) is 0 Å². The maximum absolute atomic E-state index is 11.3. The Morgan fingerprint density at radius 1 is 1.47 bits per heavy atom. The predicted molar refractivity (Wildman–Crippen MR) is 79.8 cm³/mol. The fourth-order valence-electron chi connectivity index (χ4n) is 2.86. The Kier molecular flexibility index (Phi) is 4.84. The Bertz CT molecular complexity index is 442. The van der Waals surface area contributed by atoms with Gasteiger partial charge in [0.1, 0.15) is 0 Å². The summed E-state index contributed by atoms with van der Waals surface area (Å²) >= 11 is 5.13. The Balaban J connectivity index is 1.96. The highest BCUT2D eigenvalue weighted by Gasteiger charge is 2.31. The van der Waals surface area contributed by atoms with Crippen molar-refractivity contribution < 1.29 is 9.90 Å². The minimum Gasteiger partial charge on any atom is -0.465 e. The normalized spacial score (nSPS) is 23.6. The molecule has 0 bridgehead atoms. The van der Waals surface area contributed by atoms with Crippen molar-refractivity contribution in [3.63, 3.8) is 0 Å². The average molecular weight is 347 g/mol. The van der Waals surface area contributed by atoms with Gasteiger partial charge in [0.05, 0.1) is 15.0 Å². The molecule has 19 heavy (non-hydrogen) atoms. The van der Waals surface area contributed by atoms with Crippen LogP contribution in [0.1, 0.15) is 50.5 Å². The molecule has 1 aromatic rings. The molecule has 1 aliphatic rings. The molecule has 1 fully saturated rings. The van der Waals surface area contributed by atoms with Crippen LogP contribution in [0, 0.1) is 0 Å². The van der Waals surface area contributed by atoms with E-state index in [2.05, 4.69) is 20.9 Å². The van der Waals surface area contributed by atoms with Crippen LogP contribution >= 0.6 is 27.3 Å². The van der Waals surface area contributed by atoms with E-state index < -0.39 is 6.09 Å². The van der Waals surface area contributed by atoms with Crippen LogP contribution in [0.4, 0.5) is 4.79 Å². The van der Waals surface area contributed by atoms with Gasteiger partial charge in [-0.25, -0.2) is 9.78 Å². The molecular weight excluding hydrogens is 328 g/mol. The van der Waals surface area contributed by atoms with E-state index in [0.717, 1.165) is 29.5 Å². The van der Waals surface area contributed by atoms with E-state index in [9.17, 15) is 9.90 Å². The summed E-state index contributed by atoms with van der Waals surface area (Å²) in [6.45, 7) is 3.89. The second kappa shape index (κ2) is 6.22. The molecule has 0 unspecified atom stereocenters. The number of amides is 1. The lowest BCUT2D eigenvalue weighted by Gasteiger charge is -2.37. The van der Waals surface area contributed by atoms with Gasteiger partial charge in [-0.05, 0) is 55.5 Å². The second-order valence-corrected chi connectivity index (χ2v) is 7.73. The van der Waals surface area contributed by atoms with Crippen LogP contribution in [0.3, 0.4) is 0 Å². The maximum atomic E-state index is 11.3. The van der Waals surface area contributed by atoms with Crippen molar-refractivity contribution in [3.8, 4) is 0 Å². The van der Waals surface area contributed by atoms with Gasteiger partial charge < -0.3 is 10.0 Å². The van der Waals surface area contributed by atoms with Crippen LogP contribution in [0.15, 0.2) is 9.98 Å². The Morgan fingerprint density at radius 2 is 2.11 bits per heavy atom. The zero-order chi connectivity index (χ0) is 14.0. The first-order chi connectivity index (χ1) is 8.99. The molecule has 2 rings (SSSR count). The number of carboxylic acid groups (broad SMARTS) is 1. The molecule has 0 spiro atoms. The molecule has 1 aromatic heterocycles. The number of nitrogens with zero attached hydrogens (tertiary/aromatic N) is 2. The smallest absolute Gasteiger partial charge is 0.407 e. The number of rotatable bonds is 3. The highest BCUT2D eigenvalue weighted by atomic mass is 79.9. The van der Waals surface area contributed by atoms with Crippen molar-refractivity contribution in [1.82, 2.24) is 9.88 Å². The van der Waals surface area contributed by atoms with E-state index >= 15 is 0 Å². The van der Waals surface area contributed by atoms with Crippen molar-refractivity contribution in [2.75, 3.05) is 0 Å². The first kappa shape index (κ1) is 14.8. The molecule has 1 saturated carbocycles. The Labute approximate surface area is 126 Å². The lowest BCUT2D eigenvalue weighted by molar-refractivity contribution is 0.0906. The molecule has 0 aliphatic heterocycles. The van der Waals surface area contributed by atoms with Gasteiger partial charge in [-0.1, -0.05) is 0 Å². The summed E-state index contributed by atoms with van der Waals surface area (Å²) in [7, 11) is 0. The highest BCUT2D eigenvalue weighted by Crippen LogP contribution is 2.37. The summed E-state index contributed by atoms with van der Waals surface area (Å²) in [6.07, 6.45) is 4.99. The zero-order valence-electron chi connectivity index (χ0n) is 11.2. The summed E-state index contributed by atoms with van der Waals surface area (Å²) in [4.78, 5) is 17.3. The van der Waals surface area contributed by atoms with Crippen LogP contribution in [0.25, 0.3) is 0 Å². The molecular formula is C13H19BrN2O2S. The van der Waals surface area contributed by atoms with Gasteiger partial charge in [0.15, 0.2) is 0 Å². The number of hydrogen-bond donors (Lipinski definition) is 1. The molecule has 6 heteroatoms. The average Bonchev–Trinajstić information content (AvgIpc) is 2.76. The third-order valence-electron chi connectivity index (χ3n) is 3.71. The lowest BCUT2D eigenvalue weighted by Crippen LogP contribution is -2.45. The molecule has 1 aliphatic carbocycles. The topological polar surface area (TPSA) is 53.4 Å². The van der Waals surface area contributed by atoms with Crippen molar-refractivity contribution in [2.45, 2.75) is 57.5 Å². The SMILES string of the molecule is CC(C)N(C(=O)O)[C@H]1CC[C@H](c2ncc(Br)s2)CC1. The summed E-state index contributed by atoms with van der Waals surface area (Å²) in [5.41, 5.74) is 0. The molecule has 0 atom stereocenters. The first-order valence-electron chi connectivity index (χ1n) is 6.61. The number of carbonyl (C=O) groups is 1. The van der Waals surface area contributed by atoms with E-state index in [1.165, 1.54) is 5.01 Å². The monoisotopic (exact) mass is 346 g/mol. The van der Waals surface area contributed by atoms with Gasteiger partial charge in [-0.3, -0.25) is 0 Å². The first-order valence-corrected chi connectivity index (χ1v) is 8.22. The van der Waals surface area contributed by atoms with Gasteiger partial charge in [-0.15, -0.1) is 11.3 Å². The van der Waals surface area contributed by atoms with Crippen LogP contribution in [-0.4, -0.2) is 33.2 Å². The van der Waals surface area contributed by atoms with Gasteiger partial charge in [-0.2, -0.15) is 0 Å². The molecule has 0 saturated heterocycles. The van der Waals surface area contributed by atoms with E-state index in [0.29, 0.717) is 5.92 Å². The highest BCUT2D eigenvalue weighted by molar-refractivity contribution is 9.11. The largest absolute Gasteiger partial charge is 0.465 e. The Hall–Kier alpha value is -0.620.